The second kappa shape index (κ2) is 5.38. The van der Waals surface area contributed by atoms with E-state index in [1.807, 2.05) is 11.5 Å². The molecule has 0 aromatic carbocycles. The Kier molecular flexibility index (Phi) is 3.83. The van der Waals surface area contributed by atoms with Crippen molar-refractivity contribution in [1.29, 1.82) is 0 Å². The van der Waals surface area contributed by atoms with Crippen molar-refractivity contribution in [3.8, 4) is 0 Å². The highest BCUT2D eigenvalue weighted by molar-refractivity contribution is 6.09. The fourth-order valence-corrected chi connectivity index (χ4v) is 2.45. The Morgan fingerprint density at radius 2 is 2.00 bits per heavy atom. The summed E-state index contributed by atoms with van der Waals surface area (Å²) in [6.07, 6.45) is 2.79. The number of imide groups is 1. The number of aromatic nitrogens is 1. The molecule has 0 saturated heterocycles. The summed E-state index contributed by atoms with van der Waals surface area (Å²) in [5.41, 5.74) is 1.31. The highest BCUT2D eigenvalue weighted by atomic mass is 16.2. The largest absolute Gasteiger partial charge is 0.347 e. The van der Waals surface area contributed by atoms with Gasteiger partial charge in [-0.1, -0.05) is 20.3 Å². The van der Waals surface area contributed by atoms with E-state index in [1.54, 1.807) is 0 Å². The molecule has 102 valence electrons. The van der Waals surface area contributed by atoms with Crippen LogP contribution < -0.4 is 10.7 Å². The van der Waals surface area contributed by atoms with Crippen LogP contribution >= 0.6 is 0 Å². The first-order valence-electron chi connectivity index (χ1n) is 6.68. The number of hydrogen-bond donors (Lipinski definition) is 1. The number of fused-ring (bicyclic) bond motifs is 1. The Morgan fingerprint density at radius 1 is 1.26 bits per heavy atom. The van der Waals surface area contributed by atoms with Crippen LogP contribution in [0.15, 0.2) is 10.9 Å². The molecule has 1 aromatic heterocycles. The van der Waals surface area contributed by atoms with Crippen LogP contribution in [0.1, 0.15) is 48.4 Å². The molecule has 0 spiro atoms. The van der Waals surface area contributed by atoms with Gasteiger partial charge in [-0.05, 0) is 12.8 Å². The average molecular weight is 262 g/mol. The maximum Gasteiger partial charge on any atom is 0.263 e. The minimum absolute atomic E-state index is 0.105. The summed E-state index contributed by atoms with van der Waals surface area (Å²) in [5, 5.41) is 2.21. The standard InChI is InChI=1S/C14H18N2O3/c1-3-5-6-16-9(4-2)7-11(17)13-10(16)8-12(18)15-14(13)19/h7H,3-6,8H2,1-2H3,(H,15,18,19). The molecule has 1 aliphatic heterocycles. The number of carbonyl (C=O) groups excluding carboxylic acids is 2. The maximum absolute atomic E-state index is 12.0. The lowest BCUT2D eigenvalue weighted by molar-refractivity contribution is -0.119. The molecular formula is C14H18N2O3. The van der Waals surface area contributed by atoms with Gasteiger partial charge in [-0.15, -0.1) is 0 Å². The van der Waals surface area contributed by atoms with Crippen LogP contribution in [0.25, 0.3) is 0 Å². The number of carbonyl (C=O) groups is 2. The van der Waals surface area contributed by atoms with E-state index in [4.69, 9.17) is 0 Å². The third-order valence-electron chi connectivity index (χ3n) is 3.41. The highest BCUT2D eigenvalue weighted by Gasteiger charge is 2.28. The van der Waals surface area contributed by atoms with E-state index < -0.39 is 5.91 Å². The first-order valence-corrected chi connectivity index (χ1v) is 6.68. The van der Waals surface area contributed by atoms with Crippen LogP contribution in [-0.4, -0.2) is 16.4 Å². The zero-order valence-electron chi connectivity index (χ0n) is 11.3. The van der Waals surface area contributed by atoms with Gasteiger partial charge in [0.25, 0.3) is 5.91 Å². The van der Waals surface area contributed by atoms with Gasteiger partial charge in [-0.25, -0.2) is 0 Å². The van der Waals surface area contributed by atoms with Crippen molar-refractivity contribution in [2.45, 2.75) is 46.1 Å². The Labute approximate surface area is 111 Å². The van der Waals surface area contributed by atoms with E-state index in [-0.39, 0.29) is 23.3 Å². The summed E-state index contributed by atoms with van der Waals surface area (Å²) in [4.78, 5) is 35.3. The van der Waals surface area contributed by atoms with Crippen LogP contribution in [0.5, 0.6) is 0 Å². The third kappa shape index (κ3) is 2.45. The van der Waals surface area contributed by atoms with E-state index in [2.05, 4.69) is 12.2 Å². The topological polar surface area (TPSA) is 68.2 Å². The van der Waals surface area contributed by atoms with Crippen LogP contribution in [0, 0.1) is 0 Å². The van der Waals surface area contributed by atoms with Gasteiger partial charge in [-0.2, -0.15) is 0 Å². The number of hydrogen-bond acceptors (Lipinski definition) is 3. The molecule has 1 aliphatic rings. The Morgan fingerprint density at radius 3 is 2.63 bits per heavy atom. The SMILES string of the molecule is CCCCn1c(CC)cc(=O)c2c1CC(=O)NC2=O. The van der Waals surface area contributed by atoms with Crippen LogP contribution in [0.2, 0.25) is 0 Å². The van der Waals surface area contributed by atoms with Crippen molar-refractivity contribution in [1.82, 2.24) is 9.88 Å². The second-order valence-electron chi connectivity index (χ2n) is 4.73. The zero-order chi connectivity index (χ0) is 14.0. The van der Waals surface area contributed by atoms with Crippen molar-refractivity contribution in [2.75, 3.05) is 0 Å². The number of pyridine rings is 1. The summed E-state index contributed by atoms with van der Waals surface area (Å²) in [5.74, 6) is -0.903. The Balaban J connectivity index is 2.63. The first-order chi connectivity index (χ1) is 9.08. The van der Waals surface area contributed by atoms with Crippen molar-refractivity contribution < 1.29 is 9.59 Å². The molecule has 2 rings (SSSR count). The normalized spacial score (nSPS) is 14.2. The fraction of sp³-hybridized carbons (Fsp3) is 0.500. The number of amides is 2. The van der Waals surface area contributed by atoms with Gasteiger partial charge >= 0.3 is 0 Å². The monoisotopic (exact) mass is 262 g/mol. The molecule has 5 nitrogen and oxygen atoms in total. The molecule has 0 fully saturated rings. The molecule has 5 heteroatoms. The van der Waals surface area contributed by atoms with Gasteiger partial charge in [0, 0.05) is 24.0 Å². The van der Waals surface area contributed by atoms with Gasteiger partial charge in [0.15, 0.2) is 5.43 Å². The Bertz CT molecular complexity index is 587. The summed E-state index contributed by atoms with van der Waals surface area (Å²) in [7, 11) is 0. The molecule has 0 saturated carbocycles. The number of nitrogens with zero attached hydrogens (tertiary/aromatic N) is 1. The van der Waals surface area contributed by atoms with Crippen molar-refractivity contribution in [3.63, 3.8) is 0 Å². The van der Waals surface area contributed by atoms with E-state index in [0.717, 1.165) is 25.1 Å². The highest BCUT2D eigenvalue weighted by Crippen LogP contribution is 2.15. The van der Waals surface area contributed by atoms with Crippen LogP contribution in [0.3, 0.4) is 0 Å². The number of rotatable bonds is 4. The third-order valence-corrected chi connectivity index (χ3v) is 3.41. The summed E-state index contributed by atoms with van der Waals surface area (Å²) >= 11 is 0. The van der Waals surface area contributed by atoms with Gasteiger partial charge in [0.1, 0.15) is 5.56 Å². The lowest BCUT2D eigenvalue weighted by Gasteiger charge is -2.23. The summed E-state index contributed by atoms with van der Waals surface area (Å²) in [6, 6.07) is 1.52. The quantitative estimate of drug-likeness (QED) is 0.824. The van der Waals surface area contributed by atoms with Crippen molar-refractivity contribution in [3.05, 3.63) is 33.2 Å². The van der Waals surface area contributed by atoms with E-state index in [1.165, 1.54) is 6.07 Å². The van der Waals surface area contributed by atoms with E-state index in [9.17, 15) is 14.4 Å². The molecule has 0 bridgehead atoms. The van der Waals surface area contributed by atoms with Gasteiger partial charge in [0.2, 0.25) is 5.91 Å². The number of nitrogens with one attached hydrogen (secondary N) is 1. The fourth-order valence-electron chi connectivity index (χ4n) is 2.45. The molecule has 0 radical (unpaired) electrons. The van der Waals surface area contributed by atoms with Crippen molar-refractivity contribution >= 4 is 11.8 Å². The summed E-state index contributed by atoms with van der Waals surface area (Å²) < 4.78 is 1.97. The lowest BCUT2D eigenvalue weighted by atomic mass is 10.0. The van der Waals surface area contributed by atoms with Crippen LogP contribution in [-0.2, 0) is 24.2 Å². The van der Waals surface area contributed by atoms with E-state index >= 15 is 0 Å². The van der Waals surface area contributed by atoms with Crippen molar-refractivity contribution in [2.24, 2.45) is 0 Å². The predicted molar refractivity (Wildman–Crippen MR) is 71.2 cm³/mol. The van der Waals surface area contributed by atoms with Gasteiger partial charge < -0.3 is 4.57 Å². The average Bonchev–Trinajstić information content (AvgIpc) is 2.36. The molecule has 2 heterocycles. The molecule has 1 N–H and O–H groups in total. The minimum atomic E-state index is -0.566. The molecular weight excluding hydrogens is 244 g/mol. The molecule has 1 aromatic rings. The van der Waals surface area contributed by atoms with E-state index in [0.29, 0.717) is 12.1 Å². The predicted octanol–water partition coefficient (Wildman–Crippen LogP) is 1.02. The first kappa shape index (κ1) is 13.5. The smallest absolute Gasteiger partial charge is 0.263 e. The van der Waals surface area contributed by atoms with Crippen LogP contribution in [0.4, 0.5) is 0 Å². The maximum atomic E-state index is 12.0. The molecule has 0 atom stereocenters. The Hall–Kier alpha value is -1.91. The van der Waals surface area contributed by atoms with Gasteiger partial charge in [-0.3, -0.25) is 19.7 Å². The molecule has 0 unspecified atom stereocenters. The second-order valence-corrected chi connectivity index (χ2v) is 4.73. The minimum Gasteiger partial charge on any atom is -0.347 e. The number of aryl methyl sites for hydroxylation is 1. The lowest BCUT2D eigenvalue weighted by Crippen LogP contribution is -2.43. The number of unbranched alkanes of at least 4 members (excludes halogenated alkanes) is 1. The molecule has 19 heavy (non-hydrogen) atoms. The molecule has 0 aliphatic carbocycles. The molecule has 2 amide bonds. The summed E-state index contributed by atoms with van der Waals surface area (Å²) in [6.45, 7) is 4.79. The van der Waals surface area contributed by atoms with Gasteiger partial charge in [0.05, 0.1) is 6.42 Å². The zero-order valence-corrected chi connectivity index (χ0v) is 11.3.